The minimum Gasteiger partial charge on any atom is -0.361 e. The molecular formula is C21H21N3O3S. The van der Waals surface area contributed by atoms with Crippen LogP contribution in [0.4, 0.5) is 0 Å². The molecule has 0 aliphatic rings. The quantitative estimate of drug-likeness (QED) is 0.518. The molecule has 0 radical (unpaired) electrons. The second-order valence-corrected chi connectivity index (χ2v) is 8.46. The lowest BCUT2D eigenvalue weighted by molar-refractivity contribution is 0.390. The van der Waals surface area contributed by atoms with E-state index in [1.54, 1.807) is 13.8 Å². The molecule has 4 rings (SSSR count). The van der Waals surface area contributed by atoms with Crippen LogP contribution < -0.4 is 4.72 Å². The number of nitrogens with one attached hydrogen (secondary N) is 2. The molecular weight excluding hydrogens is 374 g/mol. The fourth-order valence-corrected chi connectivity index (χ4v) is 4.97. The second-order valence-electron chi connectivity index (χ2n) is 6.76. The van der Waals surface area contributed by atoms with E-state index >= 15 is 0 Å². The topological polar surface area (TPSA) is 88.0 Å². The largest absolute Gasteiger partial charge is 0.361 e. The first-order chi connectivity index (χ1) is 13.5. The number of rotatable bonds is 6. The predicted octanol–water partition coefficient (Wildman–Crippen LogP) is 3.88. The molecule has 4 aromatic rings. The fraction of sp³-hybridized carbons (Fsp3) is 0.190. The van der Waals surface area contributed by atoms with Crippen molar-refractivity contribution in [3.63, 3.8) is 0 Å². The van der Waals surface area contributed by atoms with E-state index in [-0.39, 0.29) is 23.1 Å². The molecule has 0 unspecified atom stereocenters. The Balaban J connectivity index is 1.72. The maximum absolute atomic E-state index is 12.9. The Kier molecular flexibility index (Phi) is 4.78. The number of para-hydroxylation sites is 1. The molecule has 0 saturated carbocycles. The summed E-state index contributed by atoms with van der Waals surface area (Å²) >= 11 is 0. The zero-order valence-electron chi connectivity index (χ0n) is 15.6. The summed E-state index contributed by atoms with van der Waals surface area (Å²) in [6.45, 7) is 3.45. The van der Waals surface area contributed by atoms with E-state index in [9.17, 15) is 8.42 Å². The second kappa shape index (κ2) is 7.26. The molecule has 144 valence electrons. The van der Waals surface area contributed by atoms with Gasteiger partial charge in [-0.2, -0.15) is 0 Å². The number of sulfonamides is 1. The molecule has 7 heteroatoms. The summed E-state index contributed by atoms with van der Waals surface area (Å²) in [5.41, 5.74) is 3.46. The summed E-state index contributed by atoms with van der Waals surface area (Å²) in [5.74, 6) is 0.140. The molecule has 2 N–H and O–H groups in total. The van der Waals surface area contributed by atoms with Crippen molar-refractivity contribution in [2.75, 3.05) is 6.54 Å². The van der Waals surface area contributed by atoms with Crippen molar-refractivity contribution in [2.24, 2.45) is 0 Å². The van der Waals surface area contributed by atoms with Crippen molar-refractivity contribution >= 4 is 20.9 Å². The molecule has 2 heterocycles. The Hall–Kier alpha value is -2.90. The van der Waals surface area contributed by atoms with Gasteiger partial charge in [-0.25, -0.2) is 13.1 Å². The Labute approximate surface area is 163 Å². The van der Waals surface area contributed by atoms with Crippen LogP contribution in [0.2, 0.25) is 0 Å². The minimum absolute atomic E-state index is 0.109. The molecule has 28 heavy (non-hydrogen) atoms. The fourth-order valence-electron chi connectivity index (χ4n) is 3.60. The Morgan fingerprint density at radius 2 is 1.79 bits per heavy atom. The highest BCUT2D eigenvalue weighted by molar-refractivity contribution is 7.89. The smallest absolute Gasteiger partial charge is 0.245 e. The van der Waals surface area contributed by atoms with Crippen LogP contribution in [0.5, 0.6) is 0 Å². The molecule has 0 aliphatic heterocycles. The van der Waals surface area contributed by atoms with Gasteiger partial charge in [0, 0.05) is 29.6 Å². The number of benzene rings is 2. The summed E-state index contributed by atoms with van der Waals surface area (Å²) in [4.78, 5) is 3.39. The average molecular weight is 395 g/mol. The zero-order valence-corrected chi connectivity index (χ0v) is 16.5. The highest BCUT2D eigenvalue weighted by atomic mass is 32.2. The number of H-pyrrole nitrogens is 1. The summed E-state index contributed by atoms with van der Waals surface area (Å²) < 4.78 is 33.6. The lowest BCUT2D eigenvalue weighted by atomic mass is 9.91. The first-order valence-electron chi connectivity index (χ1n) is 9.01. The van der Waals surface area contributed by atoms with E-state index in [0.29, 0.717) is 5.69 Å². The monoisotopic (exact) mass is 395 g/mol. The van der Waals surface area contributed by atoms with Crippen molar-refractivity contribution in [1.29, 1.82) is 0 Å². The zero-order chi connectivity index (χ0) is 19.7. The minimum atomic E-state index is -3.74. The van der Waals surface area contributed by atoms with Gasteiger partial charge in [0.1, 0.15) is 10.6 Å². The Morgan fingerprint density at radius 1 is 1.07 bits per heavy atom. The van der Waals surface area contributed by atoms with Gasteiger partial charge in [0.15, 0.2) is 5.76 Å². The maximum atomic E-state index is 12.9. The molecule has 0 bridgehead atoms. The van der Waals surface area contributed by atoms with Crippen LogP contribution in [-0.4, -0.2) is 25.1 Å². The van der Waals surface area contributed by atoms with Gasteiger partial charge < -0.3 is 9.51 Å². The van der Waals surface area contributed by atoms with Gasteiger partial charge >= 0.3 is 0 Å². The highest BCUT2D eigenvalue weighted by Gasteiger charge is 2.26. The van der Waals surface area contributed by atoms with Crippen molar-refractivity contribution in [3.8, 4) is 0 Å². The number of aromatic amines is 1. The number of nitrogens with zero attached hydrogens (tertiary/aromatic N) is 1. The molecule has 0 spiro atoms. The number of hydrogen-bond acceptors (Lipinski definition) is 4. The van der Waals surface area contributed by atoms with Gasteiger partial charge in [-0.05, 0) is 31.0 Å². The van der Waals surface area contributed by atoms with E-state index < -0.39 is 10.0 Å². The average Bonchev–Trinajstić information content (AvgIpc) is 3.26. The molecule has 0 aliphatic carbocycles. The first kappa shape index (κ1) is 18.5. The number of aromatic nitrogens is 2. The van der Waals surface area contributed by atoms with Crippen LogP contribution in [-0.2, 0) is 10.0 Å². The van der Waals surface area contributed by atoms with Crippen LogP contribution in [0.3, 0.4) is 0 Å². The van der Waals surface area contributed by atoms with Gasteiger partial charge in [0.2, 0.25) is 10.0 Å². The van der Waals surface area contributed by atoms with E-state index in [2.05, 4.69) is 14.9 Å². The maximum Gasteiger partial charge on any atom is 0.245 e. The van der Waals surface area contributed by atoms with Crippen LogP contribution >= 0.6 is 0 Å². The lowest BCUT2D eigenvalue weighted by Crippen LogP contribution is -2.29. The molecule has 0 fully saturated rings. The van der Waals surface area contributed by atoms with E-state index in [4.69, 9.17) is 4.52 Å². The molecule has 1 atom stereocenters. The van der Waals surface area contributed by atoms with Gasteiger partial charge in [0.05, 0.1) is 0 Å². The summed E-state index contributed by atoms with van der Waals surface area (Å²) in [6, 6.07) is 17.9. The molecule has 6 nitrogen and oxygen atoms in total. The van der Waals surface area contributed by atoms with Crippen molar-refractivity contribution in [1.82, 2.24) is 14.9 Å². The normalized spacial score (nSPS) is 13.1. The Morgan fingerprint density at radius 3 is 2.50 bits per heavy atom. The standard InChI is InChI=1S/C21H21N3O3S/c1-14-21(15(2)27-24-14)28(25,26)23-13-18(16-8-4-3-5-9-16)19-12-22-20-11-7-6-10-17(19)20/h3-12,18,22-23H,13H2,1-2H3/t18-/m0/s1. The lowest BCUT2D eigenvalue weighted by Gasteiger charge is -2.18. The third-order valence-corrected chi connectivity index (χ3v) is 6.58. The predicted molar refractivity (Wildman–Crippen MR) is 108 cm³/mol. The molecule has 0 saturated heterocycles. The third-order valence-electron chi connectivity index (χ3n) is 4.91. The molecule has 0 amide bonds. The molecule has 2 aromatic carbocycles. The SMILES string of the molecule is Cc1noc(C)c1S(=O)(=O)NC[C@@H](c1ccccc1)c1c[nH]c2ccccc12. The van der Waals surface area contributed by atoms with Gasteiger partial charge in [-0.1, -0.05) is 53.7 Å². The molecule has 2 aromatic heterocycles. The Bertz CT molecular complexity index is 1190. The first-order valence-corrected chi connectivity index (χ1v) is 10.5. The number of fused-ring (bicyclic) bond motifs is 1. The van der Waals surface area contributed by atoms with Crippen LogP contribution in [0.15, 0.2) is 70.2 Å². The van der Waals surface area contributed by atoms with Crippen LogP contribution in [0.25, 0.3) is 10.9 Å². The van der Waals surface area contributed by atoms with Crippen molar-refractivity contribution in [2.45, 2.75) is 24.7 Å². The van der Waals surface area contributed by atoms with E-state index in [1.807, 2.05) is 60.8 Å². The van der Waals surface area contributed by atoms with Crippen molar-refractivity contribution in [3.05, 3.63) is 83.4 Å². The summed E-state index contributed by atoms with van der Waals surface area (Å²) in [7, 11) is -3.74. The third kappa shape index (κ3) is 3.34. The summed E-state index contributed by atoms with van der Waals surface area (Å²) in [5, 5.41) is 4.84. The van der Waals surface area contributed by atoms with Crippen molar-refractivity contribution < 1.29 is 12.9 Å². The van der Waals surface area contributed by atoms with Crippen LogP contribution in [0, 0.1) is 13.8 Å². The van der Waals surface area contributed by atoms with E-state index in [0.717, 1.165) is 22.0 Å². The van der Waals surface area contributed by atoms with Gasteiger partial charge in [-0.3, -0.25) is 0 Å². The highest BCUT2D eigenvalue weighted by Crippen LogP contribution is 2.31. The summed E-state index contributed by atoms with van der Waals surface area (Å²) in [6.07, 6.45) is 1.95. The van der Waals surface area contributed by atoms with Crippen LogP contribution in [0.1, 0.15) is 28.5 Å². The van der Waals surface area contributed by atoms with Gasteiger partial charge in [-0.15, -0.1) is 0 Å². The number of hydrogen-bond donors (Lipinski definition) is 2. The number of aryl methyl sites for hydroxylation is 2. The van der Waals surface area contributed by atoms with Gasteiger partial charge in [0.25, 0.3) is 0 Å². The van der Waals surface area contributed by atoms with E-state index in [1.165, 1.54) is 0 Å².